The number of ether oxygens (including phenoxy) is 1. The second kappa shape index (κ2) is 12.8. The van der Waals surface area contributed by atoms with Crippen molar-refractivity contribution in [1.29, 1.82) is 0 Å². The van der Waals surface area contributed by atoms with Crippen molar-refractivity contribution in [2.45, 2.75) is 39.3 Å². The minimum Gasteiger partial charge on any atom is -0.382 e. The standard InChI is InChI=1S/C19H34N4O/c1-5-24-15-9-13-21-19(20-3)22-14-12-17(2)23(4)16-18-10-7-6-8-11-18/h6-8,10-11,17H,5,9,12-16H2,1-4H3,(H2,20,21,22). The first-order chi connectivity index (χ1) is 11.7. The first kappa shape index (κ1) is 20.5. The molecule has 0 bridgehead atoms. The molecule has 0 saturated heterocycles. The molecule has 2 N–H and O–H groups in total. The summed E-state index contributed by atoms with van der Waals surface area (Å²) in [6.45, 7) is 8.62. The maximum Gasteiger partial charge on any atom is 0.190 e. The molecule has 1 aromatic rings. The van der Waals surface area contributed by atoms with Gasteiger partial charge in [-0.25, -0.2) is 0 Å². The van der Waals surface area contributed by atoms with Crippen LogP contribution in [-0.2, 0) is 11.3 Å². The minimum absolute atomic E-state index is 0.508. The summed E-state index contributed by atoms with van der Waals surface area (Å²) in [6, 6.07) is 11.1. The van der Waals surface area contributed by atoms with E-state index in [-0.39, 0.29) is 0 Å². The highest BCUT2D eigenvalue weighted by Gasteiger charge is 2.09. The summed E-state index contributed by atoms with van der Waals surface area (Å²) in [7, 11) is 3.99. The number of nitrogens with zero attached hydrogens (tertiary/aromatic N) is 2. The molecule has 0 radical (unpaired) electrons. The maximum absolute atomic E-state index is 5.33. The summed E-state index contributed by atoms with van der Waals surface area (Å²) in [5, 5.41) is 6.70. The summed E-state index contributed by atoms with van der Waals surface area (Å²) in [6.07, 6.45) is 2.06. The Morgan fingerprint density at radius 2 is 1.92 bits per heavy atom. The van der Waals surface area contributed by atoms with Crippen LogP contribution in [0.2, 0.25) is 0 Å². The Morgan fingerprint density at radius 3 is 2.58 bits per heavy atom. The Bertz CT molecular complexity index is 450. The van der Waals surface area contributed by atoms with Gasteiger partial charge in [0.25, 0.3) is 0 Å². The second-order valence-electron chi connectivity index (χ2n) is 6.01. The first-order valence-corrected chi connectivity index (χ1v) is 8.93. The molecule has 0 spiro atoms. The van der Waals surface area contributed by atoms with E-state index in [0.29, 0.717) is 6.04 Å². The fourth-order valence-corrected chi connectivity index (χ4v) is 2.39. The zero-order valence-electron chi connectivity index (χ0n) is 15.7. The molecule has 0 amide bonds. The van der Waals surface area contributed by atoms with Crippen LogP contribution in [0.5, 0.6) is 0 Å². The van der Waals surface area contributed by atoms with E-state index in [2.05, 4.69) is 64.8 Å². The number of hydrogen-bond acceptors (Lipinski definition) is 3. The predicted octanol–water partition coefficient (Wildman–Crippen LogP) is 2.49. The SMILES string of the molecule is CCOCCCNC(=NC)NCCC(C)N(C)Cc1ccccc1. The highest BCUT2D eigenvalue weighted by molar-refractivity contribution is 5.79. The van der Waals surface area contributed by atoms with E-state index < -0.39 is 0 Å². The van der Waals surface area contributed by atoms with Gasteiger partial charge < -0.3 is 15.4 Å². The normalized spacial score (nSPS) is 13.1. The average molecular weight is 335 g/mol. The van der Waals surface area contributed by atoms with Gasteiger partial charge in [-0.2, -0.15) is 0 Å². The maximum atomic E-state index is 5.33. The molecule has 0 aromatic heterocycles. The van der Waals surface area contributed by atoms with Crippen LogP contribution in [0, 0.1) is 0 Å². The number of nitrogens with one attached hydrogen (secondary N) is 2. The molecule has 1 unspecified atom stereocenters. The quantitative estimate of drug-likeness (QED) is 0.371. The highest BCUT2D eigenvalue weighted by atomic mass is 16.5. The summed E-state index contributed by atoms with van der Waals surface area (Å²) >= 11 is 0. The second-order valence-corrected chi connectivity index (χ2v) is 6.01. The molecule has 5 nitrogen and oxygen atoms in total. The molecular formula is C19H34N4O. The molecule has 1 rings (SSSR count). The highest BCUT2D eigenvalue weighted by Crippen LogP contribution is 2.07. The van der Waals surface area contributed by atoms with Gasteiger partial charge in [0, 0.05) is 45.9 Å². The molecule has 0 heterocycles. The van der Waals surface area contributed by atoms with Gasteiger partial charge in [-0.1, -0.05) is 30.3 Å². The van der Waals surface area contributed by atoms with Gasteiger partial charge in [0.15, 0.2) is 5.96 Å². The van der Waals surface area contributed by atoms with Gasteiger partial charge in [-0.05, 0) is 39.3 Å². The Kier molecular flexibility index (Phi) is 10.9. The Morgan fingerprint density at radius 1 is 1.21 bits per heavy atom. The lowest BCUT2D eigenvalue weighted by atomic mass is 10.1. The van der Waals surface area contributed by atoms with Crippen molar-refractivity contribution in [2.24, 2.45) is 4.99 Å². The monoisotopic (exact) mass is 334 g/mol. The van der Waals surface area contributed by atoms with E-state index in [1.165, 1.54) is 5.56 Å². The van der Waals surface area contributed by atoms with Crippen molar-refractivity contribution in [3.63, 3.8) is 0 Å². The van der Waals surface area contributed by atoms with E-state index in [0.717, 1.165) is 51.6 Å². The van der Waals surface area contributed by atoms with E-state index in [1.54, 1.807) is 0 Å². The average Bonchev–Trinajstić information content (AvgIpc) is 2.60. The van der Waals surface area contributed by atoms with E-state index in [1.807, 2.05) is 14.0 Å². The van der Waals surface area contributed by atoms with Gasteiger partial charge in [0.1, 0.15) is 0 Å². The Balaban J connectivity index is 2.19. The van der Waals surface area contributed by atoms with Crippen LogP contribution < -0.4 is 10.6 Å². The topological polar surface area (TPSA) is 48.9 Å². The lowest BCUT2D eigenvalue weighted by molar-refractivity contribution is 0.145. The minimum atomic E-state index is 0.508. The van der Waals surface area contributed by atoms with Gasteiger partial charge in [0.05, 0.1) is 0 Å². The summed E-state index contributed by atoms with van der Waals surface area (Å²) < 4.78 is 5.33. The number of benzene rings is 1. The molecule has 0 fully saturated rings. The molecule has 1 aromatic carbocycles. The molecule has 24 heavy (non-hydrogen) atoms. The fourth-order valence-electron chi connectivity index (χ4n) is 2.39. The number of hydrogen-bond donors (Lipinski definition) is 2. The molecule has 1 atom stereocenters. The van der Waals surface area contributed by atoms with Crippen LogP contribution in [0.4, 0.5) is 0 Å². The number of rotatable bonds is 11. The van der Waals surface area contributed by atoms with E-state index in [9.17, 15) is 0 Å². The zero-order valence-corrected chi connectivity index (χ0v) is 15.7. The number of aliphatic imine (C=N–C) groups is 1. The van der Waals surface area contributed by atoms with Crippen molar-refractivity contribution in [3.05, 3.63) is 35.9 Å². The van der Waals surface area contributed by atoms with E-state index in [4.69, 9.17) is 4.74 Å². The molecule has 0 aliphatic rings. The molecule has 5 heteroatoms. The third kappa shape index (κ3) is 8.89. The third-order valence-corrected chi connectivity index (χ3v) is 4.07. The largest absolute Gasteiger partial charge is 0.382 e. The Hall–Kier alpha value is -1.59. The van der Waals surface area contributed by atoms with Crippen LogP contribution >= 0.6 is 0 Å². The van der Waals surface area contributed by atoms with E-state index >= 15 is 0 Å². The molecule has 136 valence electrons. The molecule has 0 saturated carbocycles. The fraction of sp³-hybridized carbons (Fsp3) is 0.632. The van der Waals surface area contributed by atoms with Crippen LogP contribution in [-0.4, -0.2) is 57.3 Å². The molecule has 0 aliphatic carbocycles. The molecular weight excluding hydrogens is 300 g/mol. The van der Waals surface area contributed by atoms with Crippen molar-refractivity contribution < 1.29 is 4.74 Å². The summed E-state index contributed by atoms with van der Waals surface area (Å²) in [5.41, 5.74) is 1.35. The summed E-state index contributed by atoms with van der Waals surface area (Å²) in [5.74, 6) is 0.865. The van der Waals surface area contributed by atoms with Crippen molar-refractivity contribution >= 4 is 5.96 Å². The van der Waals surface area contributed by atoms with Crippen LogP contribution in [0.1, 0.15) is 32.3 Å². The lowest BCUT2D eigenvalue weighted by Crippen LogP contribution is -2.40. The summed E-state index contributed by atoms with van der Waals surface area (Å²) in [4.78, 5) is 6.64. The lowest BCUT2D eigenvalue weighted by Gasteiger charge is -2.25. The van der Waals surface area contributed by atoms with Gasteiger partial charge >= 0.3 is 0 Å². The van der Waals surface area contributed by atoms with Gasteiger partial charge in [-0.3, -0.25) is 9.89 Å². The smallest absolute Gasteiger partial charge is 0.190 e. The van der Waals surface area contributed by atoms with Gasteiger partial charge in [0.2, 0.25) is 0 Å². The van der Waals surface area contributed by atoms with Crippen LogP contribution in [0.3, 0.4) is 0 Å². The first-order valence-electron chi connectivity index (χ1n) is 8.93. The van der Waals surface area contributed by atoms with Crippen LogP contribution in [0.25, 0.3) is 0 Å². The molecule has 0 aliphatic heterocycles. The van der Waals surface area contributed by atoms with Crippen molar-refractivity contribution in [3.8, 4) is 0 Å². The van der Waals surface area contributed by atoms with Crippen LogP contribution in [0.15, 0.2) is 35.3 Å². The van der Waals surface area contributed by atoms with Crippen molar-refractivity contribution in [2.75, 3.05) is 40.4 Å². The third-order valence-electron chi connectivity index (χ3n) is 4.07. The predicted molar refractivity (Wildman–Crippen MR) is 102 cm³/mol. The van der Waals surface area contributed by atoms with Crippen molar-refractivity contribution in [1.82, 2.24) is 15.5 Å². The Labute approximate surface area is 147 Å². The zero-order chi connectivity index (χ0) is 17.6. The van der Waals surface area contributed by atoms with Gasteiger partial charge in [-0.15, -0.1) is 0 Å². The number of guanidine groups is 1.